The maximum absolute atomic E-state index is 13.4. The average Bonchev–Trinajstić information content (AvgIpc) is 3.18. The van der Waals surface area contributed by atoms with Gasteiger partial charge in [-0.1, -0.05) is 44.4 Å². The van der Waals surface area contributed by atoms with E-state index in [0.29, 0.717) is 18.0 Å². The summed E-state index contributed by atoms with van der Waals surface area (Å²) < 4.78 is 11.9. The molecule has 0 saturated heterocycles. The van der Waals surface area contributed by atoms with Crippen LogP contribution in [0.25, 0.3) is 10.2 Å². The summed E-state index contributed by atoms with van der Waals surface area (Å²) in [7, 11) is 3.26. The van der Waals surface area contributed by atoms with Crippen LogP contribution in [0.5, 0.6) is 11.5 Å². The van der Waals surface area contributed by atoms with E-state index in [-0.39, 0.29) is 11.8 Å². The molecule has 1 aliphatic rings. The molecular weight excluding hydrogens is 386 g/mol. The number of anilines is 1. The third-order valence-corrected chi connectivity index (χ3v) is 6.91. The number of thiazole rings is 1. The van der Waals surface area contributed by atoms with E-state index < -0.39 is 0 Å². The first kappa shape index (κ1) is 21.8. The summed E-state index contributed by atoms with van der Waals surface area (Å²) in [6.45, 7) is 7.81. The molecule has 0 N–H and O–H groups in total. The van der Waals surface area contributed by atoms with Gasteiger partial charge in [-0.3, -0.25) is 9.69 Å². The maximum Gasteiger partial charge on any atom is 0.231 e. The van der Waals surface area contributed by atoms with Crippen molar-refractivity contribution in [2.75, 3.05) is 45.3 Å². The Morgan fingerprint density at radius 1 is 1.07 bits per heavy atom. The summed E-state index contributed by atoms with van der Waals surface area (Å²) >= 11 is 1.55. The lowest BCUT2D eigenvalue weighted by atomic mass is 9.88. The summed E-state index contributed by atoms with van der Waals surface area (Å²) in [5.41, 5.74) is 0.840. The molecule has 6 nitrogen and oxygen atoms in total. The van der Waals surface area contributed by atoms with E-state index in [2.05, 4.69) is 18.7 Å². The van der Waals surface area contributed by atoms with Gasteiger partial charge in [-0.2, -0.15) is 0 Å². The van der Waals surface area contributed by atoms with Gasteiger partial charge < -0.3 is 14.4 Å². The van der Waals surface area contributed by atoms with E-state index in [1.54, 1.807) is 25.6 Å². The molecule has 0 aliphatic heterocycles. The molecule has 1 amide bonds. The third-order valence-electron chi connectivity index (χ3n) is 5.87. The average molecular weight is 420 g/mol. The number of hydrogen-bond donors (Lipinski definition) is 0. The van der Waals surface area contributed by atoms with E-state index in [1.807, 2.05) is 17.0 Å². The van der Waals surface area contributed by atoms with Gasteiger partial charge in [0.05, 0.1) is 24.4 Å². The van der Waals surface area contributed by atoms with Crippen LogP contribution in [0.2, 0.25) is 0 Å². The zero-order valence-electron chi connectivity index (χ0n) is 18.1. The van der Waals surface area contributed by atoms with Crippen molar-refractivity contribution in [1.29, 1.82) is 0 Å². The van der Waals surface area contributed by atoms with Crippen molar-refractivity contribution < 1.29 is 14.3 Å². The first-order valence-electron chi connectivity index (χ1n) is 10.7. The Balaban J connectivity index is 1.92. The smallest absolute Gasteiger partial charge is 0.231 e. The first-order chi connectivity index (χ1) is 14.1. The van der Waals surface area contributed by atoms with Crippen molar-refractivity contribution in [2.45, 2.75) is 46.0 Å². The Morgan fingerprint density at radius 2 is 1.72 bits per heavy atom. The molecule has 2 aromatic rings. The molecule has 0 radical (unpaired) electrons. The molecule has 7 heteroatoms. The number of carbonyl (C=O) groups excluding carboxylic acids is 1. The van der Waals surface area contributed by atoms with Gasteiger partial charge in [-0.05, 0) is 25.9 Å². The van der Waals surface area contributed by atoms with E-state index >= 15 is 0 Å². The molecule has 160 valence electrons. The topological polar surface area (TPSA) is 54.9 Å². The van der Waals surface area contributed by atoms with E-state index in [4.69, 9.17) is 14.5 Å². The molecule has 1 aromatic carbocycles. The van der Waals surface area contributed by atoms with Crippen LogP contribution >= 0.6 is 11.3 Å². The fourth-order valence-electron chi connectivity index (χ4n) is 4.01. The highest BCUT2D eigenvalue weighted by Gasteiger charge is 2.29. The van der Waals surface area contributed by atoms with Crippen molar-refractivity contribution in [1.82, 2.24) is 9.88 Å². The van der Waals surface area contributed by atoms with Crippen LogP contribution in [0.4, 0.5) is 5.13 Å². The third kappa shape index (κ3) is 5.01. The Bertz CT molecular complexity index is 772. The Morgan fingerprint density at radius 3 is 2.34 bits per heavy atom. The monoisotopic (exact) mass is 419 g/mol. The van der Waals surface area contributed by atoms with Crippen LogP contribution in [-0.4, -0.2) is 56.2 Å². The molecule has 3 rings (SSSR count). The number of nitrogens with zero attached hydrogens (tertiary/aromatic N) is 3. The minimum Gasteiger partial charge on any atom is -0.493 e. The SMILES string of the molecule is CCN(CC)CCN(C(=O)C1CCCCC1)c1nc2cc(OC)c(OC)cc2s1. The maximum atomic E-state index is 13.4. The van der Waals surface area contributed by atoms with Crippen LogP contribution in [-0.2, 0) is 4.79 Å². The van der Waals surface area contributed by atoms with Gasteiger partial charge in [0, 0.05) is 31.1 Å². The summed E-state index contributed by atoms with van der Waals surface area (Å²) in [6, 6.07) is 3.84. The Hall–Kier alpha value is -1.86. The van der Waals surface area contributed by atoms with Gasteiger partial charge in [0.1, 0.15) is 0 Å². The molecule has 29 heavy (non-hydrogen) atoms. The molecular formula is C22H33N3O3S. The largest absolute Gasteiger partial charge is 0.493 e. The predicted octanol–water partition coefficient (Wildman–Crippen LogP) is 4.57. The number of carbonyl (C=O) groups is 1. The number of likely N-dealkylation sites (N-methyl/N-ethyl adjacent to an activating group) is 1. The number of benzene rings is 1. The summed E-state index contributed by atoms with van der Waals surface area (Å²) in [4.78, 5) is 22.5. The fourth-order valence-corrected chi connectivity index (χ4v) is 5.02. The van der Waals surface area contributed by atoms with Crippen molar-refractivity contribution in [2.24, 2.45) is 5.92 Å². The fraction of sp³-hybridized carbons (Fsp3) is 0.636. The number of fused-ring (bicyclic) bond motifs is 1. The highest BCUT2D eigenvalue weighted by atomic mass is 32.1. The minimum absolute atomic E-state index is 0.122. The van der Waals surface area contributed by atoms with E-state index in [0.717, 1.165) is 60.7 Å². The van der Waals surface area contributed by atoms with Gasteiger partial charge in [0.25, 0.3) is 0 Å². The molecule has 1 fully saturated rings. The first-order valence-corrected chi connectivity index (χ1v) is 11.5. The van der Waals surface area contributed by atoms with Crippen LogP contribution in [0.1, 0.15) is 46.0 Å². The molecule has 0 spiro atoms. The van der Waals surface area contributed by atoms with Gasteiger partial charge in [-0.15, -0.1) is 0 Å². The second-order valence-electron chi connectivity index (χ2n) is 7.52. The number of amides is 1. The molecule has 0 unspecified atom stereocenters. The summed E-state index contributed by atoms with van der Waals surface area (Å²) in [5, 5.41) is 0.776. The Kier molecular flexibility index (Phi) is 7.72. The summed E-state index contributed by atoms with van der Waals surface area (Å²) in [6.07, 6.45) is 5.52. The van der Waals surface area contributed by atoms with Gasteiger partial charge in [0.2, 0.25) is 5.91 Å². The minimum atomic E-state index is 0.122. The lowest BCUT2D eigenvalue weighted by molar-refractivity contribution is -0.123. The van der Waals surface area contributed by atoms with E-state index in [1.165, 1.54) is 6.42 Å². The number of methoxy groups -OCH3 is 2. The van der Waals surface area contributed by atoms with Crippen LogP contribution < -0.4 is 14.4 Å². The van der Waals surface area contributed by atoms with Gasteiger partial charge in [0.15, 0.2) is 16.6 Å². The zero-order chi connectivity index (χ0) is 20.8. The van der Waals surface area contributed by atoms with Crippen LogP contribution in [0, 0.1) is 5.92 Å². The second-order valence-corrected chi connectivity index (χ2v) is 8.53. The number of rotatable bonds is 9. The molecule has 1 saturated carbocycles. The van der Waals surface area contributed by atoms with Crippen molar-refractivity contribution >= 4 is 32.6 Å². The summed E-state index contributed by atoms with van der Waals surface area (Å²) in [5.74, 6) is 1.69. The number of ether oxygens (including phenoxy) is 2. The Labute approximate surface area is 177 Å². The number of hydrogen-bond acceptors (Lipinski definition) is 6. The molecule has 1 aliphatic carbocycles. The molecule has 1 heterocycles. The highest BCUT2D eigenvalue weighted by molar-refractivity contribution is 7.22. The van der Waals surface area contributed by atoms with Gasteiger partial charge >= 0.3 is 0 Å². The van der Waals surface area contributed by atoms with Crippen molar-refractivity contribution in [3.8, 4) is 11.5 Å². The lowest BCUT2D eigenvalue weighted by Gasteiger charge is -2.29. The molecule has 1 aromatic heterocycles. The molecule has 0 bridgehead atoms. The van der Waals surface area contributed by atoms with Crippen LogP contribution in [0.15, 0.2) is 12.1 Å². The van der Waals surface area contributed by atoms with Crippen molar-refractivity contribution in [3.05, 3.63) is 12.1 Å². The standard InChI is InChI=1S/C22H33N3O3S/c1-5-24(6-2)12-13-25(21(26)16-10-8-7-9-11-16)22-23-17-14-18(27-3)19(28-4)15-20(17)29-22/h14-16H,5-13H2,1-4H3. The highest BCUT2D eigenvalue weighted by Crippen LogP contribution is 2.38. The zero-order valence-corrected chi connectivity index (χ0v) is 18.9. The lowest BCUT2D eigenvalue weighted by Crippen LogP contribution is -2.42. The van der Waals surface area contributed by atoms with Gasteiger partial charge in [-0.25, -0.2) is 4.98 Å². The van der Waals surface area contributed by atoms with Crippen molar-refractivity contribution in [3.63, 3.8) is 0 Å². The molecule has 0 atom stereocenters. The van der Waals surface area contributed by atoms with E-state index in [9.17, 15) is 4.79 Å². The second kappa shape index (κ2) is 10.3. The predicted molar refractivity (Wildman–Crippen MR) is 119 cm³/mol. The number of aromatic nitrogens is 1. The normalized spacial score (nSPS) is 15.1. The van der Waals surface area contributed by atoms with Crippen LogP contribution in [0.3, 0.4) is 0 Å². The quantitative estimate of drug-likeness (QED) is 0.596.